The number of nitrogens with two attached hydrogens (primary N) is 1. The standard InChI is InChI=1S/C28H30F3N3O3S2/c1-39(35,36)22-9-7-8-20(16-22)21-17-26(38-19-21)24(18-27(32)28(29,30)31)33-23-10-3-4-11-25(23)37-15-14-34-12-5-2-6-13-34/h3-4,7-11,16-19H,2,5-6,12-15,32H2,1H3. The minimum Gasteiger partial charge on any atom is -0.490 e. The number of thiophene rings is 1. The number of hydrogen-bond acceptors (Lipinski definition) is 7. The number of alkyl halides is 3. The van der Waals surface area contributed by atoms with Gasteiger partial charge in [-0.1, -0.05) is 30.7 Å². The van der Waals surface area contributed by atoms with Gasteiger partial charge in [-0.15, -0.1) is 11.3 Å². The third-order valence-electron chi connectivity index (χ3n) is 6.29. The second-order valence-corrected chi connectivity index (χ2v) is 12.2. The number of ether oxygens (including phenoxy) is 1. The van der Waals surface area contributed by atoms with Crippen LogP contribution in [0.5, 0.6) is 5.75 Å². The number of para-hydroxylation sites is 2. The zero-order valence-corrected chi connectivity index (χ0v) is 23.1. The summed E-state index contributed by atoms with van der Waals surface area (Å²) >= 11 is 1.18. The van der Waals surface area contributed by atoms with Gasteiger partial charge in [0.15, 0.2) is 9.84 Å². The molecule has 39 heavy (non-hydrogen) atoms. The number of nitrogens with zero attached hydrogens (tertiary/aromatic N) is 2. The lowest BCUT2D eigenvalue weighted by molar-refractivity contribution is -0.0925. The highest BCUT2D eigenvalue weighted by atomic mass is 32.2. The maximum absolute atomic E-state index is 13.4. The number of allylic oxidation sites excluding steroid dienone is 2. The van der Waals surface area contributed by atoms with Crippen molar-refractivity contribution >= 4 is 32.6 Å². The van der Waals surface area contributed by atoms with Gasteiger partial charge < -0.3 is 10.5 Å². The van der Waals surface area contributed by atoms with E-state index in [0.717, 1.165) is 32.0 Å². The van der Waals surface area contributed by atoms with E-state index in [0.29, 0.717) is 34.0 Å². The lowest BCUT2D eigenvalue weighted by Crippen LogP contribution is -2.33. The second kappa shape index (κ2) is 12.4. The normalized spacial score (nSPS) is 15.9. The molecule has 4 rings (SSSR count). The summed E-state index contributed by atoms with van der Waals surface area (Å²) < 4.78 is 70.1. The Labute approximate surface area is 230 Å². The van der Waals surface area contributed by atoms with E-state index in [4.69, 9.17) is 10.5 Å². The first-order valence-electron chi connectivity index (χ1n) is 12.5. The van der Waals surface area contributed by atoms with Gasteiger partial charge in [0.25, 0.3) is 0 Å². The van der Waals surface area contributed by atoms with Gasteiger partial charge in [-0.2, -0.15) is 13.2 Å². The Morgan fingerprint density at radius 3 is 2.54 bits per heavy atom. The zero-order chi connectivity index (χ0) is 28.0. The molecule has 208 valence electrons. The van der Waals surface area contributed by atoms with Crippen LogP contribution >= 0.6 is 11.3 Å². The largest absolute Gasteiger partial charge is 0.490 e. The number of piperidine rings is 1. The van der Waals surface area contributed by atoms with Gasteiger partial charge in [0.1, 0.15) is 23.7 Å². The van der Waals surface area contributed by atoms with Crippen LogP contribution in [0.4, 0.5) is 18.9 Å². The molecule has 1 saturated heterocycles. The van der Waals surface area contributed by atoms with Crippen molar-refractivity contribution in [3.63, 3.8) is 0 Å². The van der Waals surface area contributed by atoms with Crippen LogP contribution in [0, 0.1) is 0 Å². The molecule has 2 aromatic carbocycles. The molecule has 0 spiro atoms. The molecule has 3 aromatic rings. The first kappa shape index (κ1) is 28.8. The number of aliphatic imine (C=N–C) groups is 1. The van der Waals surface area contributed by atoms with Crippen molar-refractivity contribution in [3.8, 4) is 16.9 Å². The lowest BCUT2D eigenvalue weighted by atomic mass is 10.1. The molecule has 0 radical (unpaired) electrons. The SMILES string of the molecule is CS(=O)(=O)c1cccc(-c2csc(C(C=C(N)C(F)(F)F)=Nc3ccccc3OCCN3CCCCC3)c2)c1. The summed E-state index contributed by atoms with van der Waals surface area (Å²) in [4.78, 5) is 7.47. The van der Waals surface area contributed by atoms with Gasteiger partial charge in [-0.25, -0.2) is 13.4 Å². The summed E-state index contributed by atoms with van der Waals surface area (Å²) in [5, 5.41) is 1.74. The van der Waals surface area contributed by atoms with E-state index >= 15 is 0 Å². The van der Waals surface area contributed by atoms with E-state index < -0.39 is 21.7 Å². The second-order valence-electron chi connectivity index (χ2n) is 9.31. The molecular formula is C28H30F3N3O3S2. The molecule has 0 unspecified atom stereocenters. The van der Waals surface area contributed by atoms with Crippen molar-refractivity contribution in [3.05, 3.63) is 76.6 Å². The average Bonchev–Trinajstić information content (AvgIpc) is 3.39. The first-order chi connectivity index (χ1) is 18.5. The van der Waals surface area contributed by atoms with Crippen LogP contribution in [0.2, 0.25) is 0 Å². The molecule has 1 aromatic heterocycles. The van der Waals surface area contributed by atoms with Gasteiger partial charge in [0.05, 0.1) is 15.5 Å². The third kappa shape index (κ3) is 7.93. The number of likely N-dealkylation sites (tertiary alicyclic amines) is 1. The molecular weight excluding hydrogens is 547 g/mol. The van der Waals surface area contributed by atoms with Crippen molar-refractivity contribution < 1.29 is 26.3 Å². The smallest absolute Gasteiger partial charge is 0.430 e. The quantitative estimate of drug-likeness (QED) is 0.306. The lowest BCUT2D eigenvalue weighted by Gasteiger charge is -2.26. The van der Waals surface area contributed by atoms with Crippen molar-refractivity contribution in [2.75, 3.05) is 32.5 Å². The maximum Gasteiger partial charge on any atom is 0.430 e. The molecule has 0 saturated carbocycles. The van der Waals surface area contributed by atoms with Crippen LogP contribution in [-0.2, 0) is 9.84 Å². The molecule has 1 aliphatic heterocycles. The number of rotatable bonds is 9. The van der Waals surface area contributed by atoms with Crippen LogP contribution in [0.15, 0.2) is 81.6 Å². The monoisotopic (exact) mass is 577 g/mol. The van der Waals surface area contributed by atoms with Crippen molar-refractivity contribution in [1.29, 1.82) is 0 Å². The molecule has 1 aliphatic rings. The molecule has 0 bridgehead atoms. The van der Waals surface area contributed by atoms with Gasteiger partial charge in [0, 0.05) is 12.8 Å². The highest BCUT2D eigenvalue weighted by molar-refractivity contribution is 7.90. The Kier molecular flexibility index (Phi) is 9.14. The van der Waals surface area contributed by atoms with Crippen LogP contribution in [0.3, 0.4) is 0 Å². The van der Waals surface area contributed by atoms with Gasteiger partial charge in [-0.05, 0) is 78.8 Å². The molecule has 11 heteroatoms. The van der Waals surface area contributed by atoms with E-state index in [9.17, 15) is 21.6 Å². The van der Waals surface area contributed by atoms with Gasteiger partial charge >= 0.3 is 6.18 Å². The molecule has 2 N–H and O–H groups in total. The van der Waals surface area contributed by atoms with Crippen molar-refractivity contribution in [2.24, 2.45) is 10.7 Å². The van der Waals surface area contributed by atoms with E-state index in [-0.39, 0.29) is 10.6 Å². The first-order valence-corrected chi connectivity index (χ1v) is 15.2. The molecule has 6 nitrogen and oxygen atoms in total. The average molecular weight is 578 g/mol. The molecule has 1 fully saturated rings. The van der Waals surface area contributed by atoms with Crippen molar-refractivity contribution in [2.45, 2.75) is 30.3 Å². The van der Waals surface area contributed by atoms with Gasteiger partial charge in [0.2, 0.25) is 0 Å². The summed E-state index contributed by atoms with van der Waals surface area (Å²) in [5.41, 5.74) is 5.78. The fourth-order valence-corrected chi connectivity index (χ4v) is 5.73. The number of benzene rings is 2. The fraction of sp³-hybridized carbons (Fsp3) is 0.321. The van der Waals surface area contributed by atoms with E-state index in [1.54, 1.807) is 47.8 Å². The highest BCUT2D eigenvalue weighted by Crippen LogP contribution is 2.33. The Morgan fingerprint density at radius 2 is 1.82 bits per heavy atom. The van der Waals surface area contributed by atoms with E-state index in [1.165, 1.54) is 42.7 Å². The summed E-state index contributed by atoms with van der Waals surface area (Å²) in [6.07, 6.45) is 0.770. The minimum absolute atomic E-state index is 0.0208. The highest BCUT2D eigenvalue weighted by Gasteiger charge is 2.32. The summed E-state index contributed by atoms with van der Waals surface area (Å²) in [6.45, 7) is 3.25. The van der Waals surface area contributed by atoms with E-state index in [1.807, 2.05) is 0 Å². The number of halogens is 3. The summed E-state index contributed by atoms with van der Waals surface area (Å²) in [7, 11) is -3.42. The fourth-order valence-electron chi connectivity index (χ4n) is 4.18. The minimum atomic E-state index is -4.73. The Hall–Kier alpha value is -3.15. The summed E-state index contributed by atoms with van der Waals surface area (Å²) in [5.74, 6) is 0.462. The predicted octanol–water partition coefficient (Wildman–Crippen LogP) is 6.21. The maximum atomic E-state index is 13.4. The van der Waals surface area contributed by atoms with Crippen LogP contribution < -0.4 is 10.5 Å². The van der Waals surface area contributed by atoms with Gasteiger partial charge in [-0.3, -0.25) is 4.90 Å². The molecule has 2 heterocycles. The van der Waals surface area contributed by atoms with Crippen molar-refractivity contribution in [1.82, 2.24) is 4.90 Å². The Bertz CT molecular complexity index is 1460. The number of hydrogen-bond donors (Lipinski definition) is 1. The van der Waals surface area contributed by atoms with Crippen LogP contribution in [-0.4, -0.2) is 57.7 Å². The third-order valence-corrected chi connectivity index (χ3v) is 8.35. The molecule has 0 amide bonds. The summed E-state index contributed by atoms with van der Waals surface area (Å²) in [6, 6.07) is 15.0. The molecule has 0 aliphatic carbocycles. The topological polar surface area (TPSA) is 85.0 Å². The van der Waals surface area contributed by atoms with Crippen LogP contribution in [0.25, 0.3) is 11.1 Å². The molecule has 0 atom stereocenters. The number of sulfone groups is 1. The predicted molar refractivity (Wildman–Crippen MR) is 150 cm³/mol. The zero-order valence-electron chi connectivity index (χ0n) is 21.4. The van der Waals surface area contributed by atoms with E-state index in [2.05, 4.69) is 9.89 Å². The Morgan fingerprint density at radius 1 is 1.08 bits per heavy atom. The Balaban J connectivity index is 1.66. The van der Waals surface area contributed by atoms with Crippen LogP contribution in [0.1, 0.15) is 24.1 Å².